The molecule has 1 aromatic carbocycles. The van der Waals surface area contributed by atoms with Crippen molar-refractivity contribution in [3.05, 3.63) is 52.9 Å². The van der Waals surface area contributed by atoms with E-state index in [1.54, 1.807) is 17.7 Å². The smallest absolute Gasteiger partial charge is 0.250 e. The number of anilines is 1. The predicted molar refractivity (Wildman–Crippen MR) is 119 cm³/mol. The third-order valence-electron chi connectivity index (χ3n) is 7.94. The van der Waals surface area contributed by atoms with Gasteiger partial charge in [-0.15, -0.1) is 0 Å². The molecule has 4 nitrogen and oxygen atoms in total. The molecule has 4 heteroatoms. The molecular formula is C25H33N3O. The second-order valence-electron chi connectivity index (χ2n) is 9.52. The fourth-order valence-corrected chi connectivity index (χ4v) is 5.45. The Bertz CT molecular complexity index is 894. The SMILES string of the molecule is Cn1ccc(-c2ccc(N3CCC4(CC3)CCN(C3CCC3)CC4)cc2)cc1=O. The van der Waals surface area contributed by atoms with Crippen LogP contribution in [0.1, 0.15) is 44.9 Å². The van der Waals surface area contributed by atoms with Crippen molar-refractivity contribution in [1.29, 1.82) is 0 Å². The Labute approximate surface area is 174 Å². The highest BCUT2D eigenvalue weighted by molar-refractivity contribution is 5.66. The van der Waals surface area contributed by atoms with Crippen LogP contribution in [0.15, 0.2) is 47.4 Å². The molecule has 3 fully saturated rings. The number of pyridine rings is 1. The lowest BCUT2D eigenvalue weighted by Gasteiger charge is -2.50. The lowest BCUT2D eigenvalue weighted by atomic mass is 9.70. The molecule has 2 saturated heterocycles. The highest BCUT2D eigenvalue weighted by atomic mass is 16.1. The number of aryl methyl sites for hydroxylation is 1. The van der Waals surface area contributed by atoms with Gasteiger partial charge in [-0.25, -0.2) is 0 Å². The topological polar surface area (TPSA) is 28.5 Å². The van der Waals surface area contributed by atoms with Gasteiger partial charge in [0.2, 0.25) is 0 Å². The maximum absolute atomic E-state index is 11.9. The van der Waals surface area contributed by atoms with E-state index in [2.05, 4.69) is 34.1 Å². The van der Waals surface area contributed by atoms with E-state index in [4.69, 9.17) is 0 Å². The quantitative estimate of drug-likeness (QED) is 0.782. The summed E-state index contributed by atoms with van der Waals surface area (Å²) >= 11 is 0. The first-order valence-corrected chi connectivity index (χ1v) is 11.4. The second kappa shape index (κ2) is 7.64. The van der Waals surface area contributed by atoms with Crippen LogP contribution >= 0.6 is 0 Å². The standard InChI is InChI=1S/C25H33N3O/c1-26-14-9-21(19-24(26)29)20-5-7-23(8-6-20)28-17-12-25(13-18-28)10-15-27(16-11-25)22-3-2-4-22/h5-9,14,19,22H,2-4,10-13,15-18H2,1H3. The summed E-state index contributed by atoms with van der Waals surface area (Å²) in [5.74, 6) is 0. The second-order valence-corrected chi connectivity index (χ2v) is 9.52. The molecule has 1 aliphatic carbocycles. The van der Waals surface area contributed by atoms with E-state index in [0.29, 0.717) is 5.41 Å². The summed E-state index contributed by atoms with van der Waals surface area (Å²) in [4.78, 5) is 17.2. The van der Waals surface area contributed by atoms with Gasteiger partial charge in [0.05, 0.1) is 0 Å². The van der Waals surface area contributed by atoms with Crippen molar-refractivity contribution >= 4 is 5.69 Å². The van der Waals surface area contributed by atoms with E-state index in [9.17, 15) is 4.79 Å². The van der Waals surface area contributed by atoms with E-state index in [0.717, 1.165) is 17.2 Å². The van der Waals surface area contributed by atoms with Gasteiger partial charge in [-0.05, 0) is 86.4 Å². The largest absolute Gasteiger partial charge is 0.371 e. The molecule has 0 atom stereocenters. The first kappa shape index (κ1) is 18.9. The van der Waals surface area contributed by atoms with E-state index < -0.39 is 0 Å². The van der Waals surface area contributed by atoms with Gasteiger partial charge in [-0.1, -0.05) is 18.6 Å². The fourth-order valence-electron chi connectivity index (χ4n) is 5.45. The van der Waals surface area contributed by atoms with Crippen LogP contribution in [0.25, 0.3) is 11.1 Å². The number of hydrogen-bond donors (Lipinski definition) is 0. The molecule has 5 rings (SSSR count). The Morgan fingerprint density at radius 2 is 1.52 bits per heavy atom. The summed E-state index contributed by atoms with van der Waals surface area (Å²) in [6.45, 7) is 5.01. The minimum Gasteiger partial charge on any atom is -0.371 e. The zero-order valence-electron chi connectivity index (χ0n) is 17.6. The number of benzene rings is 1. The van der Waals surface area contributed by atoms with Crippen molar-refractivity contribution in [3.8, 4) is 11.1 Å². The molecule has 1 saturated carbocycles. The first-order valence-electron chi connectivity index (χ1n) is 11.4. The molecule has 0 amide bonds. The first-order chi connectivity index (χ1) is 14.1. The third-order valence-corrected chi connectivity index (χ3v) is 7.94. The fraction of sp³-hybridized carbons (Fsp3) is 0.560. The Morgan fingerprint density at radius 3 is 2.10 bits per heavy atom. The number of hydrogen-bond acceptors (Lipinski definition) is 3. The minimum atomic E-state index is 0.0382. The van der Waals surface area contributed by atoms with Crippen LogP contribution in [-0.2, 0) is 7.05 Å². The lowest BCUT2D eigenvalue weighted by molar-refractivity contribution is 0.0306. The Hall–Kier alpha value is -2.07. The summed E-state index contributed by atoms with van der Waals surface area (Å²) in [6, 6.07) is 13.4. The van der Waals surface area contributed by atoms with Gasteiger partial charge >= 0.3 is 0 Å². The number of piperidine rings is 2. The van der Waals surface area contributed by atoms with Crippen LogP contribution in [0, 0.1) is 5.41 Å². The van der Waals surface area contributed by atoms with Gasteiger partial charge in [0.25, 0.3) is 5.56 Å². The molecule has 29 heavy (non-hydrogen) atoms. The molecule has 0 radical (unpaired) electrons. The monoisotopic (exact) mass is 391 g/mol. The number of nitrogens with zero attached hydrogens (tertiary/aromatic N) is 3. The normalized spacial score (nSPS) is 22.6. The van der Waals surface area contributed by atoms with Crippen LogP contribution < -0.4 is 10.5 Å². The van der Waals surface area contributed by atoms with Crippen molar-refractivity contribution in [2.45, 2.75) is 51.0 Å². The van der Waals surface area contributed by atoms with Gasteiger partial charge in [-0.3, -0.25) is 4.79 Å². The molecule has 154 valence electrons. The molecule has 0 N–H and O–H groups in total. The molecular weight excluding hydrogens is 358 g/mol. The molecule has 2 aliphatic heterocycles. The summed E-state index contributed by atoms with van der Waals surface area (Å²) < 4.78 is 1.61. The molecule has 3 aliphatic rings. The Morgan fingerprint density at radius 1 is 0.862 bits per heavy atom. The van der Waals surface area contributed by atoms with E-state index in [1.165, 1.54) is 76.8 Å². The van der Waals surface area contributed by atoms with Crippen LogP contribution in [0.4, 0.5) is 5.69 Å². The van der Waals surface area contributed by atoms with Crippen LogP contribution in [0.2, 0.25) is 0 Å². The highest BCUT2D eigenvalue weighted by Gasteiger charge is 2.39. The minimum absolute atomic E-state index is 0.0382. The lowest BCUT2D eigenvalue weighted by Crippen LogP contribution is -2.50. The van der Waals surface area contributed by atoms with Crippen molar-refractivity contribution < 1.29 is 0 Å². The summed E-state index contributed by atoms with van der Waals surface area (Å²) in [6.07, 6.45) is 11.6. The number of likely N-dealkylation sites (tertiary alicyclic amines) is 1. The van der Waals surface area contributed by atoms with E-state index in [1.807, 2.05) is 12.3 Å². The molecule has 1 aromatic heterocycles. The molecule has 0 unspecified atom stereocenters. The summed E-state index contributed by atoms with van der Waals surface area (Å²) in [5, 5.41) is 0. The molecule has 0 bridgehead atoms. The maximum Gasteiger partial charge on any atom is 0.250 e. The van der Waals surface area contributed by atoms with Crippen molar-refractivity contribution in [2.24, 2.45) is 12.5 Å². The van der Waals surface area contributed by atoms with Crippen molar-refractivity contribution in [2.75, 3.05) is 31.1 Å². The highest BCUT2D eigenvalue weighted by Crippen LogP contribution is 2.43. The zero-order chi connectivity index (χ0) is 19.8. The predicted octanol–water partition coefficient (Wildman–Crippen LogP) is 4.29. The van der Waals surface area contributed by atoms with Crippen LogP contribution in [-0.4, -0.2) is 41.7 Å². The Balaban J connectivity index is 1.20. The summed E-state index contributed by atoms with van der Waals surface area (Å²) in [5.41, 5.74) is 4.06. The van der Waals surface area contributed by atoms with E-state index in [-0.39, 0.29) is 5.56 Å². The van der Waals surface area contributed by atoms with Gasteiger partial charge < -0.3 is 14.4 Å². The van der Waals surface area contributed by atoms with Crippen molar-refractivity contribution in [3.63, 3.8) is 0 Å². The maximum atomic E-state index is 11.9. The van der Waals surface area contributed by atoms with Crippen LogP contribution in [0.5, 0.6) is 0 Å². The number of rotatable bonds is 3. The Kier molecular flexibility index (Phi) is 4.99. The third kappa shape index (κ3) is 3.75. The van der Waals surface area contributed by atoms with Gasteiger partial charge in [0.15, 0.2) is 0 Å². The van der Waals surface area contributed by atoms with Gasteiger partial charge in [0, 0.05) is 44.1 Å². The molecule has 3 heterocycles. The average molecular weight is 392 g/mol. The summed E-state index contributed by atoms with van der Waals surface area (Å²) in [7, 11) is 1.79. The molecule has 1 spiro atoms. The van der Waals surface area contributed by atoms with E-state index >= 15 is 0 Å². The van der Waals surface area contributed by atoms with Gasteiger partial charge in [0.1, 0.15) is 0 Å². The van der Waals surface area contributed by atoms with Crippen LogP contribution in [0.3, 0.4) is 0 Å². The van der Waals surface area contributed by atoms with Gasteiger partial charge in [-0.2, -0.15) is 0 Å². The number of aromatic nitrogens is 1. The molecule has 2 aromatic rings. The average Bonchev–Trinajstić information content (AvgIpc) is 2.71. The zero-order valence-corrected chi connectivity index (χ0v) is 17.6. The van der Waals surface area contributed by atoms with Crippen molar-refractivity contribution in [1.82, 2.24) is 9.47 Å².